The highest BCUT2D eigenvalue weighted by Gasteiger charge is 2.45. The largest absolute Gasteiger partial charge is 0.507 e. The number of ether oxygens (including phenoxy) is 2. The number of phenols is 2. The minimum absolute atomic E-state index is 0.0302. The van der Waals surface area contributed by atoms with E-state index in [1.807, 2.05) is 0 Å². The first-order valence-electron chi connectivity index (χ1n) is 7.56. The Labute approximate surface area is 142 Å². The molecular weight excluding hydrogens is 332 g/mol. The number of methoxy groups -OCH3 is 1. The molecule has 0 aromatic heterocycles. The zero-order chi connectivity index (χ0) is 18.5. The summed E-state index contributed by atoms with van der Waals surface area (Å²) in [4.78, 5) is 36.7. The predicted octanol–water partition coefficient (Wildman–Crippen LogP) is 0.868. The van der Waals surface area contributed by atoms with Gasteiger partial charge in [0.2, 0.25) is 5.78 Å². The summed E-state index contributed by atoms with van der Waals surface area (Å²) in [7, 11) is 1.23. The van der Waals surface area contributed by atoms with Crippen LogP contribution in [0.2, 0.25) is 0 Å². The Morgan fingerprint density at radius 3 is 2.56 bits per heavy atom. The SMILES string of the molecule is COc1cc(O)c2c(c1O)C(=O)C1=C(C2=O)[C@@H](O)C[C@H](CC(C)=O)O1. The molecule has 0 saturated carbocycles. The number of phenolic OH excluding ortho intramolecular Hbond substituents is 2. The van der Waals surface area contributed by atoms with E-state index in [1.165, 1.54) is 14.0 Å². The second-order valence-corrected chi connectivity index (χ2v) is 6.00. The van der Waals surface area contributed by atoms with Gasteiger partial charge < -0.3 is 24.8 Å². The second-order valence-electron chi connectivity index (χ2n) is 6.00. The number of benzene rings is 1. The van der Waals surface area contributed by atoms with Gasteiger partial charge in [-0.3, -0.25) is 14.4 Å². The van der Waals surface area contributed by atoms with Crippen molar-refractivity contribution in [2.45, 2.75) is 32.0 Å². The topological polar surface area (TPSA) is 130 Å². The summed E-state index contributed by atoms with van der Waals surface area (Å²) in [6, 6.07) is 1.01. The number of Topliss-reactive ketones (excluding diaryl/α,β-unsaturated/α-hetero) is 3. The number of carbonyl (C=O) groups excluding carboxylic acids is 3. The van der Waals surface area contributed by atoms with Crippen molar-refractivity contribution in [3.8, 4) is 17.2 Å². The molecule has 2 atom stereocenters. The molecule has 1 aromatic carbocycles. The van der Waals surface area contributed by atoms with Crippen molar-refractivity contribution in [1.29, 1.82) is 0 Å². The molecule has 2 aliphatic rings. The first-order valence-corrected chi connectivity index (χ1v) is 7.56. The third-order valence-corrected chi connectivity index (χ3v) is 4.23. The summed E-state index contributed by atoms with van der Waals surface area (Å²) in [5.74, 6) is -3.61. The molecule has 0 fully saturated rings. The molecule has 1 heterocycles. The van der Waals surface area contributed by atoms with E-state index in [2.05, 4.69) is 0 Å². The summed E-state index contributed by atoms with van der Waals surface area (Å²) >= 11 is 0. The van der Waals surface area contributed by atoms with Gasteiger partial charge >= 0.3 is 0 Å². The molecule has 8 nitrogen and oxygen atoms in total. The molecule has 1 aliphatic heterocycles. The lowest BCUT2D eigenvalue weighted by Gasteiger charge is -2.33. The summed E-state index contributed by atoms with van der Waals surface area (Å²) < 4.78 is 10.4. The molecular formula is C17H16O8. The lowest BCUT2D eigenvalue weighted by molar-refractivity contribution is -0.119. The minimum atomic E-state index is -1.32. The summed E-state index contributed by atoms with van der Waals surface area (Å²) in [5, 5.41) is 30.6. The maximum Gasteiger partial charge on any atom is 0.232 e. The summed E-state index contributed by atoms with van der Waals surface area (Å²) in [5.41, 5.74) is -1.14. The molecule has 132 valence electrons. The van der Waals surface area contributed by atoms with E-state index in [0.717, 1.165) is 6.07 Å². The van der Waals surface area contributed by atoms with E-state index in [-0.39, 0.29) is 29.9 Å². The Morgan fingerprint density at radius 2 is 1.96 bits per heavy atom. The van der Waals surface area contributed by atoms with Gasteiger partial charge in [0.05, 0.1) is 29.9 Å². The molecule has 0 bridgehead atoms. The molecule has 3 rings (SSSR count). The van der Waals surface area contributed by atoms with Crippen molar-refractivity contribution in [2.24, 2.45) is 0 Å². The fourth-order valence-electron chi connectivity index (χ4n) is 3.16. The van der Waals surface area contributed by atoms with Crippen LogP contribution in [0.25, 0.3) is 0 Å². The fourth-order valence-corrected chi connectivity index (χ4v) is 3.16. The van der Waals surface area contributed by atoms with Crippen LogP contribution in [-0.4, -0.2) is 52.0 Å². The molecule has 0 radical (unpaired) electrons. The average molecular weight is 348 g/mol. The number of aliphatic hydroxyl groups is 1. The van der Waals surface area contributed by atoms with E-state index in [4.69, 9.17) is 9.47 Å². The van der Waals surface area contributed by atoms with Crippen molar-refractivity contribution in [3.05, 3.63) is 28.5 Å². The molecule has 25 heavy (non-hydrogen) atoms. The monoisotopic (exact) mass is 348 g/mol. The fraction of sp³-hybridized carbons (Fsp3) is 0.353. The van der Waals surface area contributed by atoms with Gasteiger partial charge in [-0.05, 0) is 6.92 Å². The standard InChI is InChI=1S/C17H16O8/c1-6(18)3-7-4-8(19)12-15(22)11-9(20)5-10(24-2)14(21)13(11)16(23)17(12)25-7/h5,7-8,19-21H,3-4H2,1-2H3/t7-,8-/m0/s1. The van der Waals surface area contributed by atoms with Crippen LogP contribution in [0, 0.1) is 0 Å². The number of allylic oxidation sites excluding steroid dienone is 1. The zero-order valence-corrected chi connectivity index (χ0v) is 13.5. The van der Waals surface area contributed by atoms with Gasteiger partial charge in [-0.15, -0.1) is 0 Å². The zero-order valence-electron chi connectivity index (χ0n) is 13.5. The maximum absolute atomic E-state index is 12.8. The Kier molecular flexibility index (Phi) is 4.00. The number of aliphatic hydroxyl groups excluding tert-OH is 1. The Bertz CT molecular complexity index is 836. The molecule has 3 N–H and O–H groups in total. The van der Waals surface area contributed by atoms with Crippen molar-refractivity contribution in [3.63, 3.8) is 0 Å². The molecule has 0 amide bonds. The first-order chi connectivity index (χ1) is 11.8. The van der Waals surface area contributed by atoms with E-state index in [0.29, 0.717) is 0 Å². The van der Waals surface area contributed by atoms with Gasteiger partial charge in [0.25, 0.3) is 0 Å². The van der Waals surface area contributed by atoms with E-state index < -0.39 is 52.2 Å². The predicted molar refractivity (Wildman–Crippen MR) is 82.8 cm³/mol. The number of hydrogen-bond donors (Lipinski definition) is 3. The first kappa shape index (κ1) is 17.0. The van der Waals surface area contributed by atoms with Crippen molar-refractivity contribution < 1.29 is 39.2 Å². The van der Waals surface area contributed by atoms with Gasteiger partial charge in [0.1, 0.15) is 17.6 Å². The molecule has 1 aliphatic carbocycles. The highest BCUT2D eigenvalue weighted by Crippen LogP contribution is 2.45. The molecule has 1 aromatic rings. The van der Waals surface area contributed by atoms with E-state index in [9.17, 15) is 29.7 Å². The number of fused-ring (bicyclic) bond motifs is 1. The average Bonchev–Trinajstić information content (AvgIpc) is 2.53. The highest BCUT2D eigenvalue weighted by atomic mass is 16.5. The number of ketones is 3. The number of aromatic hydroxyl groups is 2. The van der Waals surface area contributed by atoms with Crippen LogP contribution in [0.1, 0.15) is 40.5 Å². The third-order valence-electron chi connectivity index (χ3n) is 4.23. The summed E-state index contributed by atoms with van der Waals surface area (Å²) in [6.07, 6.45) is -2.14. The van der Waals surface area contributed by atoms with Crippen LogP contribution in [-0.2, 0) is 9.53 Å². The second kappa shape index (κ2) is 5.89. The van der Waals surface area contributed by atoms with Crippen molar-refractivity contribution in [1.82, 2.24) is 0 Å². The number of hydrogen-bond acceptors (Lipinski definition) is 8. The quantitative estimate of drug-likeness (QED) is 0.686. The Balaban J connectivity index is 2.15. The molecule has 0 spiro atoms. The van der Waals surface area contributed by atoms with Crippen LogP contribution >= 0.6 is 0 Å². The highest BCUT2D eigenvalue weighted by molar-refractivity contribution is 6.28. The van der Waals surface area contributed by atoms with Gasteiger partial charge in [-0.2, -0.15) is 0 Å². The van der Waals surface area contributed by atoms with Crippen LogP contribution < -0.4 is 4.74 Å². The number of carbonyl (C=O) groups is 3. The van der Waals surface area contributed by atoms with E-state index >= 15 is 0 Å². The Morgan fingerprint density at radius 1 is 1.28 bits per heavy atom. The lowest BCUT2D eigenvalue weighted by Crippen LogP contribution is -2.38. The van der Waals surface area contributed by atoms with Gasteiger partial charge in [-0.1, -0.05) is 0 Å². The van der Waals surface area contributed by atoms with Crippen LogP contribution in [0.5, 0.6) is 17.2 Å². The maximum atomic E-state index is 12.8. The van der Waals surface area contributed by atoms with Crippen molar-refractivity contribution >= 4 is 17.3 Å². The minimum Gasteiger partial charge on any atom is -0.507 e. The Hall–Kier alpha value is -2.87. The van der Waals surface area contributed by atoms with Crippen LogP contribution in [0.3, 0.4) is 0 Å². The lowest BCUT2D eigenvalue weighted by atomic mass is 9.81. The van der Waals surface area contributed by atoms with Gasteiger partial charge in [0.15, 0.2) is 23.0 Å². The van der Waals surface area contributed by atoms with E-state index in [1.54, 1.807) is 0 Å². The molecule has 0 saturated heterocycles. The van der Waals surface area contributed by atoms with Crippen LogP contribution in [0.15, 0.2) is 17.4 Å². The molecule has 0 unspecified atom stereocenters. The van der Waals surface area contributed by atoms with Gasteiger partial charge in [-0.25, -0.2) is 0 Å². The summed E-state index contributed by atoms with van der Waals surface area (Å²) in [6.45, 7) is 1.34. The smallest absolute Gasteiger partial charge is 0.232 e. The number of rotatable bonds is 3. The van der Waals surface area contributed by atoms with Gasteiger partial charge in [0, 0.05) is 18.9 Å². The van der Waals surface area contributed by atoms with Crippen molar-refractivity contribution in [2.75, 3.05) is 7.11 Å². The normalized spacial score (nSPS) is 22.2. The van der Waals surface area contributed by atoms with Crippen LogP contribution in [0.4, 0.5) is 0 Å². The molecule has 8 heteroatoms. The third kappa shape index (κ3) is 2.54.